The van der Waals surface area contributed by atoms with Crippen molar-refractivity contribution in [3.63, 3.8) is 0 Å². The third-order valence-electron chi connectivity index (χ3n) is 1.11. The molecular weight excluding hydrogens is 68.0 g/mol. The maximum absolute atomic E-state index is 8.48. The van der Waals surface area contributed by atoms with Crippen LogP contribution in [-0.4, -0.2) is 17.0 Å². The molecule has 2 atom stereocenters. The highest BCUT2D eigenvalue weighted by Crippen LogP contribution is 2.57. The number of epoxide rings is 1. The van der Waals surface area contributed by atoms with Crippen molar-refractivity contribution in [1.29, 1.82) is 0 Å². The molecule has 2 fully saturated rings. The normalized spacial score (nSPS) is 70.2. The molecule has 0 bridgehead atoms. The Kier molecular flexibility index (Phi) is 0.121. The molecule has 0 aromatic heterocycles. The summed E-state index contributed by atoms with van der Waals surface area (Å²) < 4.78 is 4.55. The van der Waals surface area contributed by atoms with Crippen molar-refractivity contribution >= 4 is 0 Å². The maximum atomic E-state index is 8.48. The Labute approximate surface area is 29.4 Å². The Morgan fingerprint density at radius 2 is 2.20 bits per heavy atom. The van der Waals surface area contributed by atoms with Crippen molar-refractivity contribution < 1.29 is 9.84 Å². The Bertz CT molecular complexity index is 73.0. The van der Waals surface area contributed by atoms with Crippen LogP contribution in [0.15, 0.2) is 0 Å². The van der Waals surface area contributed by atoms with E-state index >= 15 is 0 Å². The molecule has 1 aliphatic heterocycles. The molecule has 1 aliphatic carbocycles. The van der Waals surface area contributed by atoms with Gasteiger partial charge in [-0.2, -0.15) is 0 Å². The van der Waals surface area contributed by atoms with Crippen LogP contribution in [0.4, 0.5) is 0 Å². The molecular formula is C3H4O2. The number of rotatable bonds is 0. The molecule has 0 aromatic rings. The maximum Gasteiger partial charge on any atom is 0.195 e. The summed E-state index contributed by atoms with van der Waals surface area (Å²) in [5.74, 6) is -0.583. The predicted molar refractivity (Wildman–Crippen MR) is 14.4 cm³/mol. The van der Waals surface area contributed by atoms with Gasteiger partial charge in [-0.25, -0.2) is 0 Å². The molecule has 0 radical (unpaired) electrons. The van der Waals surface area contributed by atoms with Gasteiger partial charge in [0.1, 0.15) is 6.10 Å². The highest BCUT2D eigenvalue weighted by Gasteiger charge is 2.73. The van der Waals surface area contributed by atoms with Gasteiger partial charge in [0.2, 0.25) is 0 Å². The summed E-state index contributed by atoms with van der Waals surface area (Å²) in [4.78, 5) is 0. The van der Waals surface area contributed by atoms with Crippen LogP contribution in [0, 0.1) is 0 Å². The minimum Gasteiger partial charge on any atom is -0.363 e. The topological polar surface area (TPSA) is 32.8 Å². The zero-order valence-corrected chi connectivity index (χ0v) is 2.64. The fraction of sp³-hybridized carbons (Fsp3) is 1.00. The van der Waals surface area contributed by atoms with Gasteiger partial charge in [-0.05, 0) is 0 Å². The molecule has 2 aliphatic rings. The van der Waals surface area contributed by atoms with Crippen LogP contribution in [0.5, 0.6) is 0 Å². The van der Waals surface area contributed by atoms with Crippen LogP contribution in [0.1, 0.15) is 6.42 Å². The number of ether oxygens (including phenoxy) is 1. The predicted octanol–water partition coefficient (Wildman–Crippen LogP) is -0.522. The van der Waals surface area contributed by atoms with Gasteiger partial charge in [0.15, 0.2) is 5.79 Å². The van der Waals surface area contributed by atoms with E-state index in [0.29, 0.717) is 0 Å². The molecule has 0 spiro atoms. The van der Waals surface area contributed by atoms with Crippen LogP contribution in [0.2, 0.25) is 0 Å². The lowest BCUT2D eigenvalue weighted by molar-refractivity contribution is 0.0304. The van der Waals surface area contributed by atoms with Crippen molar-refractivity contribution in [2.75, 3.05) is 0 Å². The molecule has 1 unspecified atom stereocenters. The second-order valence-electron chi connectivity index (χ2n) is 1.66. The summed E-state index contributed by atoms with van der Waals surface area (Å²) in [6.07, 6.45) is 1.13. The summed E-state index contributed by atoms with van der Waals surface area (Å²) in [6, 6.07) is 0. The molecule has 0 amide bonds. The lowest BCUT2D eigenvalue weighted by Gasteiger charge is -1.80. The van der Waals surface area contributed by atoms with Crippen molar-refractivity contribution in [3.05, 3.63) is 0 Å². The minimum atomic E-state index is -0.583. The third kappa shape index (κ3) is 0.102. The largest absolute Gasteiger partial charge is 0.363 e. The summed E-state index contributed by atoms with van der Waals surface area (Å²) in [5, 5.41) is 8.48. The first-order chi connectivity index (χ1) is 2.31. The Balaban J connectivity index is 2.37. The second-order valence-corrected chi connectivity index (χ2v) is 1.66. The quantitative estimate of drug-likeness (QED) is 0.390. The molecule has 2 nitrogen and oxygen atoms in total. The molecule has 1 saturated carbocycles. The Morgan fingerprint density at radius 1 is 2.00 bits per heavy atom. The lowest BCUT2D eigenvalue weighted by atomic mass is 10.8. The van der Waals surface area contributed by atoms with E-state index < -0.39 is 5.79 Å². The molecule has 5 heavy (non-hydrogen) atoms. The summed E-state index contributed by atoms with van der Waals surface area (Å²) in [5.41, 5.74) is 0. The first-order valence-electron chi connectivity index (χ1n) is 1.71. The van der Waals surface area contributed by atoms with Crippen molar-refractivity contribution in [2.24, 2.45) is 0 Å². The van der Waals surface area contributed by atoms with Gasteiger partial charge in [0.25, 0.3) is 0 Å². The van der Waals surface area contributed by atoms with E-state index in [1.807, 2.05) is 0 Å². The van der Waals surface area contributed by atoms with E-state index in [9.17, 15) is 0 Å². The van der Waals surface area contributed by atoms with Crippen molar-refractivity contribution in [2.45, 2.75) is 18.3 Å². The molecule has 2 heteroatoms. The molecule has 0 aromatic carbocycles. The zero-order valence-electron chi connectivity index (χ0n) is 2.64. The minimum absolute atomic E-state index is 0.252. The van der Waals surface area contributed by atoms with Crippen molar-refractivity contribution in [3.8, 4) is 0 Å². The van der Waals surface area contributed by atoms with E-state index in [2.05, 4.69) is 4.74 Å². The SMILES string of the molecule is O[C@@]12CC1O2. The molecule has 1 N–H and O–H groups in total. The first kappa shape index (κ1) is 2.16. The number of hydrogen-bond donors (Lipinski definition) is 1. The number of hydrogen-bond acceptors (Lipinski definition) is 2. The van der Waals surface area contributed by atoms with Gasteiger partial charge in [-0.1, -0.05) is 0 Å². The van der Waals surface area contributed by atoms with Crippen LogP contribution < -0.4 is 0 Å². The average molecular weight is 72.1 g/mol. The summed E-state index contributed by atoms with van der Waals surface area (Å²) >= 11 is 0. The standard InChI is InChI=1S/C3H4O2/c4-3-1-2(3)5-3/h2,4H,1H2/t2?,3-/m1/s1. The van der Waals surface area contributed by atoms with E-state index in [-0.39, 0.29) is 6.10 Å². The summed E-state index contributed by atoms with van der Waals surface area (Å²) in [6.45, 7) is 0. The highest BCUT2D eigenvalue weighted by atomic mass is 16.8. The lowest BCUT2D eigenvalue weighted by Crippen LogP contribution is -1.88. The Hall–Kier alpha value is -0.0800. The fourth-order valence-corrected chi connectivity index (χ4v) is 0.409. The van der Waals surface area contributed by atoms with Gasteiger partial charge < -0.3 is 9.84 Å². The van der Waals surface area contributed by atoms with E-state index in [1.54, 1.807) is 0 Å². The van der Waals surface area contributed by atoms with Crippen molar-refractivity contribution in [1.82, 2.24) is 0 Å². The van der Waals surface area contributed by atoms with Gasteiger partial charge in [0, 0.05) is 6.42 Å². The van der Waals surface area contributed by atoms with Gasteiger partial charge >= 0.3 is 0 Å². The van der Waals surface area contributed by atoms with Crippen LogP contribution >= 0.6 is 0 Å². The number of aliphatic hydroxyl groups is 1. The van der Waals surface area contributed by atoms with Gasteiger partial charge in [-0.3, -0.25) is 0 Å². The van der Waals surface area contributed by atoms with Crippen LogP contribution in [0.3, 0.4) is 0 Å². The zero-order chi connectivity index (χ0) is 3.49. The smallest absolute Gasteiger partial charge is 0.195 e. The Morgan fingerprint density at radius 3 is 2.20 bits per heavy atom. The average Bonchev–Trinajstić information content (AvgIpc) is 1.74. The number of fused-ring (bicyclic) bond motifs is 1. The molecule has 2 rings (SSSR count). The van der Waals surface area contributed by atoms with E-state index in [1.165, 1.54) is 0 Å². The van der Waals surface area contributed by atoms with E-state index in [4.69, 9.17) is 5.11 Å². The van der Waals surface area contributed by atoms with Crippen LogP contribution in [0.25, 0.3) is 0 Å². The third-order valence-corrected chi connectivity index (χ3v) is 1.11. The van der Waals surface area contributed by atoms with Gasteiger partial charge in [-0.15, -0.1) is 0 Å². The molecule has 1 saturated heterocycles. The highest BCUT2D eigenvalue weighted by molar-refractivity contribution is 5.11. The molecule has 1 heterocycles. The molecule has 28 valence electrons. The second kappa shape index (κ2) is 0.280. The summed E-state index contributed by atoms with van der Waals surface area (Å²) in [7, 11) is 0. The van der Waals surface area contributed by atoms with E-state index in [0.717, 1.165) is 6.42 Å². The fourth-order valence-electron chi connectivity index (χ4n) is 0.409. The van der Waals surface area contributed by atoms with Crippen LogP contribution in [-0.2, 0) is 4.74 Å². The first-order valence-corrected chi connectivity index (χ1v) is 1.71. The van der Waals surface area contributed by atoms with Gasteiger partial charge in [0.05, 0.1) is 0 Å². The monoisotopic (exact) mass is 72.0 g/mol.